The summed E-state index contributed by atoms with van der Waals surface area (Å²) in [4.78, 5) is 42.6. The van der Waals surface area contributed by atoms with Crippen LogP contribution in [0.3, 0.4) is 0 Å². The molecule has 0 fully saturated rings. The number of rotatable bonds is 8. The summed E-state index contributed by atoms with van der Waals surface area (Å²) in [6.07, 6.45) is 0.650. The molecule has 180 valence electrons. The van der Waals surface area contributed by atoms with Crippen LogP contribution in [0.15, 0.2) is 66.9 Å². The number of hydrogen-bond donors (Lipinski definition) is 3. The van der Waals surface area contributed by atoms with Crippen LogP contribution < -0.4 is 10.6 Å². The van der Waals surface area contributed by atoms with E-state index < -0.39 is 24.0 Å². The Morgan fingerprint density at radius 2 is 1.63 bits per heavy atom. The number of hydrogen-bond acceptors (Lipinski definition) is 6. The summed E-state index contributed by atoms with van der Waals surface area (Å²) >= 11 is 0. The summed E-state index contributed by atoms with van der Waals surface area (Å²) in [6.45, 7) is 0.217. The number of fused-ring (bicyclic) bond motifs is 3. The van der Waals surface area contributed by atoms with Gasteiger partial charge in [-0.1, -0.05) is 48.5 Å². The van der Waals surface area contributed by atoms with Crippen molar-refractivity contribution < 1.29 is 24.2 Å². The summed E-state index contributed by atoms with van der Waals surface area (Å²) in [6, 6.07) is 18.0. The molecule has 1 aliphatic carbocycles. The van der Waals surface area contributed by atoms with E-state index >= 15 is 0 Å². The highest BCUT2D eigenvalue weighted by Gasteiger charge is 2.29. The number of likely N-dealkylation sites (N-methyl/N-ethyl adjacent to an activating group) is 1. The molecule has 0 saturated carbocycles. The van der Waals surface area contributed by atoms with E-state index in [0.717, 1.165) is 22.3 Å². The van der Waals surface area contributed by atoms with Crippen molar-refractivity contribution in [2.24, 2.45) is 0 Å². The molecule has 9 heteroatoms. The molecular weight excluding hydrogens is 448 g/mol. The van der Waals surface area contributed by atoms with Gasteiger partial charge in [-0.3, -0.25) is 10.1 Å². The van der Waals surface area contributed by atoms with E-state index in [-0.39, 0.29) is 30.5 Å². The van der Waals surface area contributed by atoms with Crippen LogP contribution in [-0.4, -0.2) is 66.2 Å². The Labute approximate surface area is 202 Å². The first-order valence-electron chi connectivity index (χ1n) is 11.1. The van der Waals surface area contributed by atoms with Gasteiger partial charge in [-0.25, -0.2) is 14.6 Å². The Kier molecular flexibility index (Phi) is 7.07. The highest BCUT2D eigenvalue weighted by molar-refractivity contribution is 6.02. The average molecular weight is 475 g/mol. The molecule has 1 unspecified atom stereocenters. The Morgan fingerprint density at radius 3 is 2.23 bits per heavy atom. The second kappa shape index (κ2) is 10.4. The lowest BCUT2D eigenvalue weighted by Crippen LogP contribution is -2.47. The maximum atomic E-state index is 12.7. The fourth-order valence-electron chi connectivity index (χ4n) is 4.21. The van der Waals surface area contributed by atoms with Crippen LogP contribution in [0.4, 0.5) is 10.5 Å². The summed E-state index contributed by atoms with van der Waals surface area (Å²) in [5.74, 6) is -1.99. The first kappa shape index (κ1) is 23.9. The number of aromatic nitrogens is 1. The minimum Gasteiger partial charge on any atom is -0.480 e. The maximum Gasteiger partial charge on any atom is 0.411 e. The van der Waals surface area contributed by atoms with Gasteiger partial charge in [-0.15, -0.1) is 0 Å². The van der Waals surface area contributed by atoms with Crippen molar-refractivity contribution in [2.45, 2.75) is 12.0 Å². The van der Waals surface area contributed by atoms with Gasteiger partial charge in [0.25, 0.3) is 5.91 Å². The number of benzene rings is 2. The van der Waals surface area contributed by atoms with Crippen LogP contribution >= 0.6 is 0 Å². The van der Waals surface area contributed by atoms with E-state index in [1.165, 1.54) is 12.3 Å². The summed E-state index contributed by atoms with van der Waals surface area (Å²) < 4.78 is 5.54. The Morgan fingerprint density at radius 1 is 1.00 bits per heavy atom. The van der Waals surface area contributed by atoms with E-state index in [4.69, 9.17) is 4.74 Å². The van der Waals surface area contributed by atoms with E-state index in [1.54, 1.807) is 25.1 Å². The first-order chi connectivity index (χ1) is 16.8. The highest BCUT2D eigenvalue weighted by Crippen LogP contribution is 2.44. The number of nitrogens with one attached hydrogen (secondary N) is 2. The smallest absolute Gasteiger partial charge is 0.411 e. The van der Waals surface area contributed by atoms with E-state index in [2.05, 4.69) is 27.8 Å². The van der Waals surface area contributed by atoms with Crippen LogP contribution in [0, 0.1) is 0 Å². The second-order valence-electron chi connectivity index (χ2n) is 8.48. The second-order valence-corrected chi connectivity index (χ2v) is 8.48. The van der Waals surface area contributed by atoms with E-state index in [1.807, 2.05) is 36.4 Å². The van der Waals surface area contributed by atoms with Gasteiger partial charge in [0.1, 0.15) is 12.6 Å². The fraction of sp³-hybridized carbons (Fsp3) is 0.231. The third kappa shape index (κ3) is 5.30. The van der Waals surface area contributed by atoms with Crippen molar-refractivity contribution in [1.29, 1.82) is 0 Å². The predicted octanol–water partition coefficient (Wildman–Crippen LogP) is 3.19. The first-order valence-corrected chi connectivity index (χ1v) is 11.1. The Balaban J connectivity index is 1.44. The molecule has 3 aromatic rings. The van der Waals surface area contributed by atoms with Gasteiger partial charge in [0.05, 0.1) is 5.69 Å². The third-order valence-electron chi connectivity index (χ3n) is 5.75. The molecular formula is C26H26N4O5. The number of amides is 2. The molecule has 0 aliphatic heterocycles. The molecule has 2 amide bonds. The van der Waals surface area contributed by atoms with Gasteiger partial charge in [-0.2, -0.15) is 0 Å². The van der Waals surface area contributed by atoms with Gasteiger partial charge >= 0.3 is 12.1 Å². The lowest BCUT2D eigenvalue weighted by molar-refractivity contribution is -0.139. The summed E-state index contributed by atoms with van der Waals surface area (Å²) in [5.41, 5.74) is 4.43. The number of ether oxygens (including phenoxy) is 1. The van der Waals surface area contributed by atoms with Crippen molar-refractivity contribution in [3.05, 3.63) is 83.7 Å². The summed E-state index contributed by atoms with van der Waals surface area (Å²) in [5, 5.41) is 14.4. The van der Waals surface area contributed by atoms with Crippen LogP contribution in [-0.2, 0) is 9.53 Å². The normalized spacial score (nSPS) is 13.0. The van der Waals surface area contributed by atoms with E-state index in [0.29, 0.717) is 0 Å². The van der Waals surface area contributed by atoms with Crippen molar-refractivity contribution in [1.82, 2.24) is 15.2 Å². The number of carboxylic acid groups (broad SMARTS) is 1. The van der Waals surface area contributed by atoms with Crippen molar-refractivity contribution in [3.63, 3.8) is 0 Å². The average Bonchev–Trinajstić information content (AvgIpc) is 3.16. The van der Waals surface area contributed by atoms with Crippen LogP contribution in [0.25, 0.3) is 11.1 Å². The molecule has 1 heterocycles. The number of carbonyl (C=O) groups is 3. The van der Waals surface area contributed by atoms with Gasteiger partial charge in [0.2, 0.25) is 0 Å². The zero-order valence-electron chi connectivity index (χ0n) is 19.4. The molecule has 0 spiro atoms. The maximum absolute atomic E-state index is 12.7. The zero-order chi connectivity index (χ0) is 24.9. The number of nitrogens with zero attached hydrogens (tertiary/aromatic N) is 2. The highest BCUT2D eigenvalue weighted by atomic mass is 16.5. The minimum absolute atomic E-state index is 0.100. The number of pyridine rings is 1. The molecule has 2 aromatic carbocycles. The van der Waals surface area contributed by atoms with Gasteiger partial charge in [0.15, 0.2) is 5.69 Å². The van der Waals surface area contributed by atoms with Crippen LogP contribution in [0.1, 0.15) is 27.5 Å². The standard InChI is InChI=1S/C26H26N4O5/c1-30(2)14-22(25(32)33)28-24(31)23-21(12-7-13-27-23)29-26(34)35-15-20-18-10-5-3-8-16(18)17-9-4-6-11-19(17)20/h3-13,20,22H,14-15H2,1-2H3,(H,28,31)(H,29,34)(H,32,33). The van der Waals surface area contributed by atoms with Gasteiger partial charge in [-0.05, 0) is 48.5 Å². The number of carboxylic acids is 1. The molecule has 4 rings (SSSR count). The molecule has 3 N–H and O–H groups in total. The molecule has 0 bridgehead atoms. The Bertz CT molecular complexity index is 1210. The zero-order valence-corrected chi connectivity index (χ0v) is 19.4. The molecule has 1 aliphatic rings. The lowest BCUT2D eigenvalue weighted by atomic mass is 9.98. The number of carbonyl (C=O) groups excluding carboxylic acids is 2. The van der Waals surface area contributed by atoms with Gasteiger partial charge < -0.3 is 20.1 Å². The number of aliphatic carboxylic acids is 1. The van der Waals surface area contributed by atoms with Crippen molar-refractivity contribution in [2.75, 3.05) is 32.6 Å². The molecule has 0 saturated heterocycles. The monoisotopic (exact) mass is 474 g/mol. The third-order valence-corrected chi connectivity index (χ3v) is 5.75. The Hall–Kier alpha value is -4.24. The predicted molar refractivity (Wildman–Crippen MR) is 130 cm³/mol. The largest absolute Gasteiger partial charge is 0.480 e. The number of anilines is 1. The fourth-order valence-corrected chi connectivity index (χ4v) is 4.21. The van der Waals surface area contributed by atoms with E-state index in [9.17, 15) is 19.5 Å². The SMILES string of the molecule is CN(C)CC(NC(=O)c1ncccc1NC(=O)OCC1c2ccccc2-c2ccccc21)C(=O)O. The topological polar surface area (TPSA) is 121 Å². The molecule has 0 radical (unpaired) electrons. The molecule has 1 atom stereocenters. The summed E-state index contributed by atoms with van der Waals surface area (Å²) in [7, 11) is 3.40. The van der Waals surface area contributed by atoms with Crippen LogP contribution in [0.5, 0.6) is 0 Å². The lowest BCUT2D eigenvalue weighted by Gasteiger charge is -2.19. The molecule has 1 aromatic heterocycles. The van der Waals surface area contributed by atoms with Crippen LogP contribution in [0.2, 0.25) is 0 Å². The van der Waals surface area contributed by atoms with Gasteiger partial charge in [0, 0.05) is 18.7 Å². The van der Waals surface area contributed by atoms with Crippen molar-refractivity contribution >= 4 is 23.7 Å². The minimum atomic E-state index is -1.17. The molecule has 35 heavy (non-hydrogen) atoms. The molecule has 9 nitrogen and oxygen atoms in total. The quantitative estimate of drug-likeness (QED) is 0.458. The van der Waals surface area contributed by atoms with Crippen molar-refractivity contribution in [3.8, 4) is 11.1 Å².